The van der Waals surface area contributed by atoms with Gasteiger partial charge in [-0.15, -0.1) is 0 Å². The van der Waals surface area contributed by atoms with Crippen molar-refractivity contribution in [3.63, 3.8) is 0 Å². The van der Waals surface area contributed by atoms with Crippen LogP contribution in [0.2, 0.25) is 0 Å². The van der Waals surface area contributed by atoms with E-state index in [4.69, 9.17) is 4.66 Å². The Labute approximate surface area is 116 Å². The molecule has 0 aromatic carbocycles. The first-order valence-electron chi connectivity index (χ1n) is 0.154. The van der Waals surface area contributed by atoms with Crippen LogP contribution < -0.4 is 17.1 Å². The largest absolute Gasteiger partial charge is 2.00 e. The minimum Gasteiger partial charge on any atom is -1.00 e. The van der Waals surface area contributed by atoms with E-state index in [1.165, 1.54) is 0 Å². The summed E-state index contributed by atoms with van der Waals surface area (Å²) < 4.78 is 7.72. The van der Waals surface area contributed by atoms with Gasteiger partial charge in [0.15, 0.2) is 0 Å². The van der Waals surface area contributed by atoms with Gasteiger partial charge < -0.3 is 22.8 Å². The van der Waals surface area contributed by atoms with Crippen molar-refractivity contribution >= 4 is 95.7 Å². The number of rotatable bonds is 0. The maximum atomic E-state index is 7.72. The monoisotopic (exact) mass is 178 g/mol. The Morgan fingerprint density at radius 3 is 1.17 bits per heavy atom. The molecule has 0 aromatic heterocycles. The molecule has 0 saturated carbocycles. The summed E-state index contributed by atoms with van der Waals surface area (Å²) in [7, 11) is 0. The molecule has 0 fully saturated rings. The molecule has 0 atom stereocenters. The van der Waals surface area contributed by atoms with Crippen molar-refractivity contribution in [1.82, 2.24) is 0 Å². The van der Waals surface area contributed by atoms with E-state index in [1.807, 2.05) is 0 Å². The van der Waals surface area contributed by atoms with Crippen molar-refractivity contribution in [2.45, 2.75) is 0 Å². The first-order chi connectivity index (χ1) is 1.00. The average molecular weight is 180 g/mol. The standard InChI is InChI=1S/Ca.ClO.ClH.2Mg.4H/c;1-2;;;;;;;/h;;1H;;;;;;/q+2;-1;;2*+2;4*-1/p-1. The van der Waals surface area contributed by atoms with E-state index in [2.05, 4.69) is 11.9 Å². The maximum absolute atomic E-state index is 7.72. The molecule has 30 valence electrons. The van der Waals surface area contributed by atoms with Crippen LogP contribution in [0.3, 0.4) is 0 Å². The summed E-state index contributed by atoms with van der Waals surface area (Å²) in [5.41, 5.74) is 0. The number of hydrogen-bond acceptors (Lipinski definition) is 1. The molecule has 0 amide bonds. The van der Waals surface area contributed by atoms with Crippen molar-refractivity contribution in [1.29, 1.82) is 0 Å². The zero-order chi connectivity index (χ0) is 2.00. The van der Waals surface area contributed by atoms with E-state index in [0.29, 0.717) is 0 Å². The molecule has 6 heavy (non-hydrogen) atoms. The molecule has 0 aliphatic rings. The average Bonchev–Trinajstić information content (AvgIpc) is 1.00. The molecule has 0 radical (unpaired) electrons. The molecule has 0 rings (SSSR count). The smallest absolute Gasteiger partial charge is 1.00 e. The van der Waals surface area contributed by atoms with Crippen LogP contribution in [0.25, 0.3) is 0 Å². The first kappa shape index (κ1) is 34.5. The fraction of sp³-hybridized carbons (Fsp3) is 0. The number of hydrogen-bond donors (Lipinski definition) is 0. The molecule has 0 aliphatic heterocycles. The van der Waals surface area contributed by atoms with Crippen molar-refractivity contribution in [2.24, 2.45) is 0 Å². The van der Waals surface area contributed by atoms with E-state index in [9.17, 15) is 0 Å². The quantitative estimate of drug-likeness (QED) is 0.346. The van der Waals surface area contributed by atoms with Gasteiger partial charge in [0.25, 0.3) is 0 Å². The van der Waals surface area contributed by atoms with Crippen LogP contribution in [0.1, 0.15) is 5.71 Å². The van der Waals surface area contributed by atoms with Gasteiger partial charge in [0.2, 0.25) is 0 Å². The third-order valence-corrected chi connectivity index (χ3v) is 0. The normalized spacial score (nSPS) is 1.00. The second kappa shape index (κ2) is 40.3. The molecule has 1 nitrogen and oxygen atoms in total. The number of halogens is 2. The summed E-state index contributed by atoms with van der Waals surface area (Å²) >= 11 is 3.39. The van der Waals surface area contributed by atoms with Crippen LogP contribution in [-0.2, 0) is 0 Å². The van der Waals surface area contributed by atoms with E-state index in [-0.39, 0.29) is 102 Å². The molecule has 0 aromatic rings. The minimum absolute atomic E-state index is 0. The van der Waals surface area contributed by atoms with Gasteiger partial charge in [0.05, 0.1) is 0 Å². The van der Waals surface area contributed by atoms with Gasteiger partial charge in [0, 0.05) is 0 Å². The molecular formula is H4CaCl2Mg2O. The fourth-order valence-electron chi connectivity index (χ4n) is 0. The summed E-state index contributed by atoms with van der Waals surface area (Å²) in [6, 6.07) is 0. The SMILES string of the molecule is [Ca+2].[Cl-].[H-].[H-].[H-].[H-].[Mg+2].[Mg+2].[O-]Cl. The molecule has 0 N–H and O–H groups in total. The summed E-state index contributed by atoms with van der Waals surface area (Å²) in [4.78, 5) is 0. The first-order valence-corrected chi connectivity index (χ1v) is 0.463. The van der Waals surface area contributed by atoms with Crippen molar-refractivity contribution < 1.29 is 22.8 Å². The summed E-state index contributed by atoms with van der Waals surface area (Å²) in [5, 5.41) is 0. The Bertz CT molecular complexity index is 21.2. The topological polar surface area (TPSA) is 23.1 Å². The fourth-order valence-corrected chi connectivity index (χ4v) is 0. The Hall–Kier alpha value is 3.33. The summed E-state index contributed by atoms with van der Waals surface area (Å²) in [6.07, 6.45) is 0. The van der Waals surface area contributed by atoms with Crippen molar-refractivity contribution in [2.75, 3.05) is 0 Å². The van der Waals surface area contributed by atoms with Gasteiger partial charge in [0.1, 0.15) is 0 Å². The van der Waals surface area contributed by atoms with Gasteiger partial charge in [-0.2, -0.15) is 0 Å². The molecule has 0 aliphatic carbocycles. The Morgan fingerprint density at radius 1 is 1.17 bits per heavy atom. The van der Waals surface area contributed by atoms with E-state index < -0.39 is 0 Å². The molecule has 6 heteroatoms. The Balaban J connectivity index is -0.000000000179. The van der Waals surface area contributed by atoms with E-state index in [0.717, 1.165) is 0 Å². The van der Waals surface area contributed by atoms with Crippen LogP contribution in [0.4, 0.5) is 0 Å². The third kappa shape index (κ3) is 26.5. The van der Waals surface area contributed by atoms with Crippen LogP contribution in [-0.4, -0.2) is 83.8 Å². The van der Waals surface area contributed by atoms with E-state index >= 15 is 0 Å². The Kier molecular flexibility index (Phi) is 232. The zero-order valence-electron chi connectivity index (χ0n) is 7.29. The van der Waals surface area contributed by atoms with Crippen LogP contribution in [0.5, 0.6) is 0 Å². The van der Waals surface area contributed by atoms with Crippen LogP contribution in [0, 0.1) is 0 Å². The molecule has 0 heterocycles. The molecule has 0 saturated heterocycles. The Morgan fingerprint density at radius 2 is 1.17 bits per heavy atom. The van der Waals surface area contributed by atoms with Gasteiger partial charge in [-0.3, -0.25) is 0 Å². The predicted octanol–water partition coefficient (Wildman–Crippen LogP) is -4.19. The van der Waals surface area contributed by atoms with Gasteiger partial charge in [-0.1, -0.05) is 0 Å². The molecule has 0 spiro atoms. The minimum atomic E-state index is 0. The second-order valence-corrected chi connectivity index (χ2v) is 0. The molecular weight excluding hydrogens is 176 g/mol. The second-order valence-electron chi connectivity index (χ2n) is 0. The maximum Gasteiger partial charge on any atom is 2.00 e. The van der Waals surface area contributed by atoms with Gasteiger partial charge in [-0.05, 0) is 0 Å². The summed E-state index contributed by atoms with van der Waals surface area (Å²) in [6.45, 7) is 0. The van der Waals surface area contributed by atoms with Crippen molar-refractivity contribution in [3.8, 4) is 0 Å². The van der Waals surface area contributed by atoms with Crippen LogP contribution >= 0.6 is 11.9 Å². The zero-order valence-corrected chi connectivity index (χ0v) is 9.83. The predicted molar refractivity (Wildman–Crippen MR) is 27.6 cm³/mol. The van der Waals surface area contributed by atoms with Gasteiger partial charge >= 0.3 is 83.8 Å². The van der Waals surface area contributed by atoms with Crippen LogP contribution in [0.15, 0.2) is 0 Å². The third-order valence-electron chi connectivity index (χ3n) is 0. The molecule has 0 unspecified atom stereocenters. The van der Waals surface area contributed by atoms with Crippen molar-refractivity contribution in [3.05, 3.63) is 0 Å². The van der Waals surface area contributed by atoms with E-state index in [1.54, 1.807) is 0 Å². The van der Waals surface area contributed by atoms with Gasteiger partial charge in [-0.25, -0.2) is 11.9 Å². The molecule has 0 bridgehead atoms. The summed E-state index contributed by atoms with van der Waals surface area (Å²) in [5.74, 6) is 0.